The molecule has 0 saturated carbocycles. The van der Waals surface area contributed by atoms with E-state index in [9.17, 15) is 0 Å². The standard InChI is InChI=1S/C21H25N5O/c1-3-26(4-2)14-21-24-19-10-9-17(13-20(19)25-21)27-16-7-5-15(6-8-16)18(23)11-12-22/h5-10,12-13,22-23H,3-4,11,14H2,1-2H3,(H,24,25). The lowest BCUT2D eigenvalue weighted by Crippen LogP contribution is -2.22. The normalized spacial score (nSPS) is 11.1. The van der Waals surface area contributed by atoms with E-state index in [-0.39, 0.29) is 0 Å². The summed E-state index contributed by atoms with van der Waals surface area (Å²) in [5, 5.41) is 15.0. The second-order valence-corrected chi connectivity index (χ2v) is 6.34. The summed E-state index contributed by atoms with van der Waals surface area (Å²) in [5.74, 6) is 2.41. The van der Waals surface area contributed by atoms with Gasteiger partial charge in [0.2, 0.25) is 0 Å². The molecule has 0 bridgehead atoms. The van der Waals surface area contributed by atoms with E-state index in [1.54, 1.807) is 0 Å². The van der Waals surface area contributed by atoms with Crippen molar-refractivity contribution in [2.45, 2.75) is 26.8 Å². The van der Waals surface area contributed by atoms with E-state index in [4.69, 9.17) is 15.6 Å². The Hall–Kier alpha value is -2.99. The molecule has 6 nitrogen and oxygen atoms in total. The number of imidazole rings is 1. The van der Waals surface area contributed by atoms with E-state index in [0.717, 1.165) is 47.8 Å². The van der Waals surface area contributed by atoms with Gasteiger partial charge in [0.25, 0.3) is 0 Å². The van der Waals surface area contributed by atoms with Crippen molar-refractivity contribution in [2.75, 3.05) is 13.1 Å². The molecule has 6 heteroatoms. The highest BCUT2D eigenvalue weighted by Gasteiger charge is 2.08. The molecule has 0 fully saturated rings. The van der Waals surface area contributed by atoms with Crippen LogP contribution >= 0.6 is 0 Å². The van der Waals surface area contributed by atoms with Crippen LogP contribution in [0.3, 0.4) is 0 Å². The van der Waals surface area contributed by atoms with Crippen molar-refractivity contribution in [3.63, 3.8) is 0 Å². The first-order valence-electron chi connectivity index (χ1n) is 9.18. The van der Waals surface area contributed by atoms with Crippen molar-refractivity contribution in [3.05, 3.63) is 53.9 Å². The summed E-state index contributed by atoms with van der Waals surface area (Å²) in [5.41, 5.74) is 3.12. The number of hydrogen-bond acceptors (Lipinski definition) is 5. The molecule has 1 heterocycles. The quantitative estimate of drug-likeness (QED) is 0.485. The summed E-state index contributed by atoms with van der Waals surface area (Å²) in [7, 11) is 0. The summed E-state index contributed by atoms with van der Waals surface area (Å²) in [4.78, 5) is 10.3. The van der Waals surface area contributed by atoms with Crippen molar-refractivity contribution >= 4 is 23.0 Å². The van der Waals surface area contributed by atoms with Crippen molar-refractivity contribution in [3.8, 4) is 11.5 Å². The van der Waals surface area contributed by atoms with Crippen molar-refractivity contribution < 1.29 is 4.74 Å². The van der Waals surface area contributed by atoms with E-state index >= 15 is 0 Å². The van der Waals surface area contributed by atoms with Crippen LogP contribution in [0.5, 0.6) is 11.5 Å². The molecule has 3 rings (SSSR count). The highest BCUT2D eigenvalue weighted by Crippen LogP contribution is 2.25. The summed E-state index contributed by atoms with van der Waals surface area (Å²) in [6.07, 6.45) is 1.58. The van der Waals surface area contributed by atoms with Crippen LogP contribution in [-0.2, 0) is 6.54 Å². The number of rotatable bonds is 9. The van der Waals surface area contributed by atoms with Gasteiger partial charge in [-0.2, -0.15) is 0 Å². The predicted octanol–water partition coefficient (Wildman–Crippen LogP) is 4.60. The second kappa shape index (κ2) is 8.60. The molecule has 2 aromatic carbocycles. The monoisotopic (exact) mass is 363 g/mol. The van der Waals surface area contributed by atoms with E-state index in [1.165, 1.54) is 6.21 Å². The third-order valence-corrected chi connectivity index (χ3v) is 4.51. The molecule has 140 valence electrons. The van der Waals surface area contributed by atoms with E-state index in [2.05, 4.69) is 28.7 Å². The average Bonchev–Trinajstić information content (AvgIpc) is 3.08. The van der Waals surface area contributed by atoms with Crippen LogP contribution < -0.4 is 4.74 Å². The maximum absolute atomic E-state index is 7.88. The molecule has 0 aliphatic carbocycles. The molecule has 3 N–H and O–H groups in total. The maximum atomic E-state index is 7.88. The van der Waals surface area contributed by atoms with Crippen LogP contribution in [0, 0.1) is 10.8 Å². The molecule has 1 aromatic heterocycles. The number of hydrogen-bond donors (Lipinski definition) is 3. The van der Waals surface area contributed by atoms with Gasteiger partial charge in [-0.05, 0) is 55.1 Å². The zero-order valence-corrected chi connectivity index (χ0v) is 15.7. The largest absolute Gasteiger partial charge is 0.457 e. The first-order chi connectivity index (χ1) is 13.1. The predicted molar refractivity (Wildman–Crippen MR) is 109 cm³/mol. The zero-order chi connectivity index (χ0) is 19.2. The topological polar surface area (TPSA) is 88.8 Å². The number of benzene rings is 2. The third kappa shape index (κ3) is 4.60. The number of nitrogens with zero attached hydrogens (tertiary/aromatic N) is 2. The molecule has 0 radical (unpaired) electrons. The number of aromatic amines is 1. The highest BCUT2D eigenvalue weighted by atomic mass is 16.5. The van der Waals surface area contributed by atoms with Crippen LogP contribution in [0.2, 0.25) is 0 Å². The third-order valence-electron chi connectivity index (χ3n) is 4.51. The second-order valence-electron chi connectivity index (χ2n) is 6.34. The molecule has 0 atom stereocenters. The fourth-order valence-corrected chi connectivity index (χ4v) is 2.92. The Morgan fingerprint density at radius 2 is 1.81 bits per heavy atom. The minimum absolute atomic E-state index is 0.340. The lowest BCUT2D eigenvalue weighted by atomic mass is 10.1. The molecule has 0 saturated heterocycles. The molecular formula is C21H25N5O. The highest BCUT2D eigenvalue weighted by molar-refractivity contribution is 6.04. The van der Waals surface area contributed by atoms with Crippen molar-refractivity contribution in [1.29, 1.82) is 10.8 Å². The smallest absolute Gasteiger partial charge is 0.129 e. The van der Waals surface area contributed by atoms with Gasteiger partial charge in [0.15, 0.2) is 0 Å². The van der Waals surface area contributed by atoms with Crippen LogP contribution in [0.4, 0.5) is 0 Å². The van der Waals surface area contributed by atoms with Crippen LogP contribution in [0.15, 0.2) is 42.5 Å². The van der Waals surface area contributed by atoms with Gasteiger partial charge in [0.05, 0.1) is 17.6 Å². The Morgan fingerprint density at radius 3 is 2.48 bits per heavy atom. The minimum Gasteiger partial charge on any atom is -0.457 e. The summed E-state index contributed by atoms with van der Waals surface area (Å²) >= 11 is 0. The number of aromatic nitrogens is 2. The van der Waals surface area contributed by atoms with Gasteiger partial charge in [0.1, 0.15) is 17.3 Å². The molecule has 3 aromatic rings. The number of fused-ring (bicyclic) bond motifs is 1. The van der Waals surface area contributed by atoms with Gasteiger partial charge in [0, 0.05) is 24.4 Å². The lowest BCUT2D eigenvalue weighted by molar-refractivity contribution is 0.289. The molecular weight excluding hydrogens is 338 g/mol. The van der Waals surface area contributed by atoms with E-state index in [1.807, 2.05) is 42.5 Å². The van der Waals surface area contributed by atoms with Crippen molar-refractivity contribution in [2.24, 2.45) is 0 Å². The Balaban J connectivity index is 1.73. The average molecular weight is 363 g/mol. The zero-order valence-electron chi connectivity index (χ0n) is 15.7. The Labute approximate surface area is 159 Å². The molecule has 0 aliphatic heterocycles. The molecule has 27 heavy (non-hydrogen) atoms. The van der Waals surface area contributed by atoms with Gasteiger partial charge in [-0.3, -0.25) is 4.90 Å². The summed E-state index contributed by atoms with van der Waals surface area (Å²) in [6.45, 7) is 7.09. The SMILES string of the molecule is CCN(CC)Cc1nc2ccc(Oc3ccc(C(=N)CC=N)cc3)cc2[nH]1. The molecule has 0 amide bonds. The Kier molecular flexibility index (Phi) is 5.98. The maximum Gasteiger partial charge on any atom is 0.129 e. The fourth-order valence-electron chi connectivity index (χ4n) is 2.92. The van der Waals surface area contributed by atoms with Crippen molar-refractivity contribution in [1.82, 2.24) is 14.9 Å². The van der Waals surface area contributed by atoms with Crippen LogP contribution in [-0.4, -0.2) is 39.9 Å². The van der Waals surface area contributed by atoms with Gasteiger partial charge in [-0.15, -0.1) is 0 Å². The fraction of sp³-hybridized carbons (Fsp3) is 0.286. The number of ether oxygens (including phenoxy) is 1. The lowest BCUT2D eigenvalue weighted by Gasteiger charge is -2.15. The molecule has 0 unspecified atom stereocenters. The Bertz CT molecular complexity index is 925. The first kappa shape index (κ1) is 18.8. The van der Waals surface area contributed by atoms with Gasteiger partial charge in [-0.1, -0.05) is 13.8 Å². The van der Waals surface area contributed by atoms with E-state index in [0.29, 0.717) is 17.9 Å². The van der Waals surface area contributed by atoms with Gasteiger partial charge >= 0.3 is 0 Å². The van der Waals surface area contributed by atoms with Crippen LogP contribution in [0.1, 0.15) is 31.7 Å². The Morgan fingerprint density at radius 1 is 1.11 bits per heavy atom. The van der Waals surface area contributed by atoms with Gasteiger partial charge in [-0.25, -0.2) is 4.98 Å². The van der Waals surface area contributed by atoms with E-state index < -0.39 is 0 Å². The molecule has 0 aliphatic rings. The van der Waals surface area contributed by atoms with Gasteiger partial charge < -0.3 is 20.5 Å². The number of nitrogens with one attached hydrogen (secondary N) is 3. The van der Waals surface area contributed by atoms with Crippen LogP contribution in [0.25, 0.3) is 11.0 Å². The number of H-pyrrole nitrogens is 1. The first-order valence-corrected chi connectivity index (χ1v) is 9.18. The minimum atomic E-state index is 0.340. The summed E-state index contributed by atoms with van der Waals surface area (Å²) in [6, 6.07) is 13.2. The summed E-state index contributed by atoms with van der Waals surface area (Å²) < 4.78 is 5.94. The molecule has 0 spiro atoms.